The van der Waals surface area contributed by atoms with E-state index in [1.165, 1.54) is 11.1 Å². The maximum Gasteiger partial charge on any atom is 0.173 e. The fourth-order valence-electron chi connectivity index (χ4n) is 29.6. The second-order valence-corrected chi connectivity index (χ2v) is 31.2. The molecule has 0 amide bonds. The molecule has 87 heavy (non-hydrogen) atoms. The van der Waals surface area contributed by atoms with Crippen molar-refractivity contribution < 1.29 is 18.9 Å². The number of hydrogen-bond donors (Lipinski definition) is 0. The van der Waals surface area contributed by atoms with Gasteiger partial charge in [-0.3, -0.25) is 0 Å². The van der Waals surface area contributed by atoms with Gasteiger partial charge in [0.05, 0.1) is 26.4 Å². The number of benzene rings is 20. The van der Waals surface area contributed by atoms with Crippen LogP contribution in [0.15, 0.2) is 60.7 Å². The Morgan fingerprint density at radius 3 is 0.736 bits per heavy atom. The highest BCUT2D eigenvalue weighted by Crippen LogP contribution is 2.90. The lowest BCUT2D eigenvalue weighted by atomic mass is 9.43. The zero-order valence-corrected chi connectivity index (χ0v) is 45.5. The van der Waals surface area contributed by atoms with Crippen molar-refractivity contribution >= 4 is 291 Å². The third-order valence-electron chi connectivity index (χ3n) is 30.1. The fraction of sp³-hybridized carbons (Fsp3) is 0.157. The largest absolute Gasteiger partial charge is 0.374 e. The van der Waals surface area contributed by atoms with Gasteiger partial charge in [0.1, 0.15) is 12.2 Å². The van der Waals surface area contributed by atoms with Gasteiger partial charge in [0.25, 0.3) is 0 Å². The van der Waals surface area contributed by atoms with Crippen molar-refractivity contribution in [3.8, 4) is 0 Å². The molecule has 2 bridgehead atoms. The quantitative estimate of drug-likeness (QED) is 0.142. The molecule has 4 atom stereocenters. The third kappa shape index (κ3) is 2.29. The van der Waals surface area contributed by atoms with Gasteiger partial charge >= 0.3 is 0 Å². The van der Waals surface area contributed by atoms with Gasteiger partial charge in [-0.15, -0.1) is 0 Å². The molecule has 3 fully saturated rings. The Balaban J connectivity index is 0.832. The number of fused-ring (bicyclic) bond motifs is 3. The Kier molecular flexibility index (Phi) is 3.74. The monoisotopic (exact) mass is 1090 g/mol. The second-order valence-electron chi connectivity index (χ2n) is 31.2. The van der Waals surface area contributed by atoms with E-state index in [0.717, 1.165) is 12.8 Å². The van der Waals surface area contributed by atoms with Crippen LogP contribution in [0, 0.1) is 11.8 Å². The van der Waals surface area contributed by atoms with Crippen molar-refractivity contribution in [3.05, 3.63) is 94.0 Å². The van der Waals surface area contributed by atoms with E-state index >= 15 is 0 Å². The molecule has 4 heteroatoms. The highest BCUT2D eigenvalue weighted by atomic mass is 16.8. The molecule has 1 heterocycles. The average molecular weight is 1090 g/mol. The van der Waals surface area contributed by atoms with Crippen LogP contribution < -0.4 is 0 Å². The molecule has 2 saturated carbocycles. The lowest BCUT2D eigenvalue weighted by Crippen LogP contribution is -2.62. The molecule has 6 aliphatic carbocycles. The molecule has 37 rings (SSSR count). The lowest BCUT2D eigenvalue weighted by Gasteiger charge is -2.60. The van der Waals surface area contributed by atoms with Gasteiger partial charge in [0.15, 0.2) is 5.79 Å². The minimum atomic E-state index is -0.848. The number of rotatable bonds is 8. The van der Waals surface area contributed by atoms with E-state index in [9.17, 15) is 0 Å². The van der Waals surface area contributed by atoms with E-state index in [4.69, 9.17) is 18.9 Å². The molecule has 382 valence electrons. The van der Waals surface area contributed by atoms with Crippen LogP contribution in [0.5, 0.6) is 0 Å². The van der Waals surface area contributed by atoms with Crippen LogP contribution in [0.1, 0.15) is 46.2 Å². The van der Waals surface area contributed by atoms with Gasteiger partial charge in [0, 0.05) is 23.2 Å². The molecule has 7 aliphatic rings. The highest BCUT2D eigenvalue weighted by molar-refractivity contribution is 6.82. The van der Waals surface area contributed by atoms with Crippen molar-refractivity contribution in [2.45, 2.75) is 54.9 Å². The van der Waals surface area contributed by atoms with E-state index < -0.39 is 11.2 Å². The van der Waals surface area contributed by atoms with Gasteiger partial charge in [-0.2, -0.15) is 0 Å². The van der Waals surface area contributed by atoms with Gasteiger partial charge in [-0.1, -0.05) is 60.7 Å². The highest BCUT2D eigenvalue weighted by Gasteiger charge is 2.84. The summed E-state index contributed by atoms with van der Waals surface area (Å²) in [5.74, 6) is -0.506. The van der Waals surface area contributed by atoms with Crippen LogP contribution in [0.2, 0.25) is 0 Å². The molecule has 0 radical (unpaired) electrons. The summed E-state index contributed by atoms with van der Waals surface area (Å²) in [5, 5.41) is 89.0. The first-order valence-electron chi connectivity index (χ1n) is 32.7. The van der Waals surface area contributed by atoms with Gasteiger partial charge in [-0.25, -0.2) is 0 Å². The summed E-state index contributed by atoms with van der Waals surface area (Å²) in [6, 6.07) is 21.4. The van der Waals surface area contributed by atoms with Crippen LogP contribution in [-0.2, 0) is 43.0 Å². The molecule has 4 nitrogen and oxygen atoms in total. The lowest BCUT2D eigenvalue weighted by molar-refractivity contribution is -0.229. The van der Waals surface area contributed by atoms with Crippen molar-refractivity contribution in [2.75, 3.05) is 13.2 Å². The van der Waals surface area contributed by atoms with E-state index in [0.29, 0.717) is 26.4 Å². The maximum atomic E-state index is 8.21. The molecule has 30 aromatic carbocycles. The zero-order chi connectivity index (χ0) is 52.6. The van der Waals surface area contributed by atoms with Gasteiger partial charge in [0.2, 0.25) is 0 Å². The van der Waals surface area contributed by atoms with Crippen molar-refractivity contribution in [3.63, 3.8) is 0 Å². The van der Waals surface area contributed by atoms with Crippen LogP contribution in [-0.4, -0.2) is 31.2 Å². The standard InChI is InChI=1S/C83H26O4/c1-3-7-17(8-4-1)13-84-15-20-21(16-85-14-18-9-5-2-6-10-18)87-81(86-20)12-19-11-22(81)83-79-73-67-57-49-39-31-27-24-23-25-29(31)37-45(39)59(67)65-55-47(37)41-33(25)34-26(23)30-32-28(24)36-35(27)43(49)53-54-44(36)50-40(32)46-38(30)48-42(34)52-51(41)61(55)69-70-62(52)56(48)66-60(46)68-58(50)64(54)76(75(79)63(53)57)80(83)74(68)72(66)78(70)82(19,83)77(69)71(65)73/h1-10,19-22H,11-16H2/t19-,20+,21+,22+,82?,83?/m1/s1. The summed E-state index contributed by atoms with van der Waals surface area (Å²) in [6.45, 7) is 1.99. The van der Waals surface area contributed by atoms with E-state index in [-0.39, 0.29) is 29.5 Å². The van der Waals surface area contributed by atoms with Crippen LogP contribution in [0.4, 0.5) is 0 Å². The topological polar surface area (TPSA) is 36.9 Å². The molecule has 30 aromatic rings. The normalized spacial score (nSPS) is 25.7. The minimum Gasteiger partial charge on any atom is -0.374 e. The van der Waals surface area contributed by atoms with Gasteiger partial charge < -0.3 is 18.9 Å². The minimum absolute atomic E-state index is 0.0569. The fourth-order valence-corrected chi connectivity index (χ4v) is 29.6. The predicted octanol–water partition coefficient (Wildman–Crippen LogP) is 20.2. The van der Waals surface area contributed by atoms with E-state index in [1.807, 2.05) is 0 Å². The Labute approximate surface area is 481 Å². The number of ether oxygens (including phenoxy) is 4. The average Bonchev–Trinajstić information content (AvgIpc) is 1.38. The van der Waals surface area contributed by atoms with Crippen LogP contribution in [0.3, 0.4) is 0 Å². The first-order valence-corrected chi connectivity index (χ1v) is 32.7. The summed E-state index contributed by atoms with van der Waals surface area (Å²) in [7, 11) is 0. The number of hydrogen-bond acceptors (Lipinski definition) is 4. The zero-order valence-electron chi connectivity index (χ0n) is 45.5. The first kappa shape index (κ1) is 36.0. The summed E-state index contributed by atoms with van der Waals surface area (Å²) in [6.07, 6.45) is 1.38. The van der Waals surface area contributed by atoms with Crippen LogP contribution >= 0.6 is 0 Å². The van der Waals surface area contributed by atoms with Crippen molar-refractivity contribution in [1.82, 2.24) is 0 Å². The molecular weight excluding hydrogens is 1060 g/mol. The molecule has 3 spiro atoms. The summed E-state index contributed by atoms with van der Waals surface area (Å²) >= 11 is 0. The first-order chi connectivity index (χ1) is 43.3. The molecular formula is C83H26O4. The molecule has 0 N–H and O–H groups in total. The summed E-state index contributed by atoms with van der Waals surface area (Å²) in [5.41, 5.74) is 8.60. The molecule has 1 aliphatic heterocycles. The maximum absolute atomic E-state index is 8.21. The molecule has 0 aromatic heterocycles. The smallest absolute Gasteiger partial charge is 0.173 e. The Hall–Kier alpha value is -9.26. The molecule has 1 saturated heterocycles. The Morgan fingerprint density at radius 2 is 0.494 bits per heavy atom. The van der Waals surface area contributed by atoms with Crippen molar-refractivity contribution in [2.24, 2.45) is 11.8 Å². The van der Waals surface area contributed by atoms with Crippen molar-refractivity contribution in [1.29, 1.82) is 0 Å². The third-order valence-corrected chi connectivity index (χ3v) is 30.1. The SMILES string of the molecule is c1ccc(COC[C@@H]2OC3(C[C@H]4C[C@@H]3C35c6c7c8c9c%10c%11c(c%12c%13c3c3c6c6c%14c7c7c8c8c%10c%10c%15c%11c%11c%12c%12c%13c%13c3c3c6c6c%14c%14c7c7c8c%10c8c%10c%15c%11c%11c%12c%12c%13c3c3c6c6c%14c7c8c7c%10c%11c%12c3c67)C945)O[C@H]2COCc2ccccc2)cc1. The predicted molar refractivity (Wildman–Crippen MR) is 355 cm³/mol. The van der Waals surface area contributed by atoms with Crippen LogP contribution in [0.25, 0.3) is 291 Å². The Bertz CT molecular complexity index is 7920. The van der Waals surface area contributed by atoms with E-state index in [1.54, 1.807) is 313 Å². The van der Waals surface area contributed by atoms with Gasteiger partial charge in [-0.05, 0) is 337 Å². The Morgan fingerprint density at radius 1 is 0.276 bits per heavy atom. The second kappa shape index (κ2) is 9.03. The summed E-state index contributed by atoms with van der Waals surface area (Å²) in [4.78, 5) is 0. The summed E-state index contributed by atoms with van der Waals surface area (Å²) < 4.78 is 30.2. The van der Waals surface area contributed by atoms with E-state index in [2.05, 4.69) is 60.7 Å². The molecule has 0 unspecified atom stereocenters.